The van der Waals surface area contributed by atoms with Crippen LogP contribution in [0.3, 0.4) is 0 Å². The van der Waals surface area contributed by atoms with Crippen LogP contribution in [0.5, 0.6) is 0 Å². The van der Waals surface area contributed by atoms with E-state index >= 15 is 0 Å². The van der Waals surface area contributed by atoms with Crippen LogP contribution in [0.15, 0.2) is 59.9 Å². The van der Waals surface area contributed by atoms with Gasteiger partial charge in [0.25, 0.3) is 0 Å². The molecule has 1 atom stereocenters. The summed E-state index contributed by atoms with van der Waals surface area (Å²) in [6.45, 7) is 1.40. The van der Waals surface area contributed by atoms with E-state index in [2.05, 4.69) is 30.2 Å². The summed E-state index contributed by atoms with van der Waals surface area (Å²) in [6, 6.07) is 6.79. The molecule has 4 N–H and O–H groups in total. The fourth-order valence-electron chi connectivity index (χ4n) is 4.82. The molecule has 10 nitrogen and oxygen atoms in total. The average molecular weight is 550 g/mol. The molecule has 6 rings (SSSR count). The highest BCUT2D eigenvalue weighted by Gasteiger charge is 2.49. The molecule has 5 heterocycles. The van der Waals surface area contributed by atoms with Crippen molar-refractivity contribution in [1.29, 1.82) is 0 Å². The largest absolute Gasteiger partial charge is 0.421 e. The van der Waals surface area contributed by atoms with E-state index in [1.54, 1.807) is 35.1 Å². The molecule has 4 aromatic heterocycles. The molecule has 1 amide bonds. The lowest BCUT2D eigenvalue weighted by Gasteiger charge is -2.23. The van der Waals surface area contributed by atoms with Crippen molar-refractivity contribution >= 4 is 23.2 Å². The molecule has 0 aliphatic carbocycles. The first-order chi connectivity index (χ1) is 18.9. The lowest BCUT2D eigenvalue weighted by atomic mass is 9.80. The van der Waals surface area contributed by atoms with Crippen molar-refractivity contribution in [2.45, 2.75) is 24.9 Å². The second-order valence-corrected chi connectivity index (χ2v) is 9.40. The summed E-state index contributed by atoms with van der Waals surface area (Å²) < 4.78 is 54.8. The van der Waals surface area contributed by atoms with E-state index in [9.17, 15) is 27.2 Å². The predicted molar refractivity (Wildman–Crippen MR) is 135 cm³/mol. The normalized spacial score (nSPS) is 16.8. The van der Waals surface area contributed by atoms with Crippen LogP contribution in [0.25, 0.3) is 17.2 Å². The number of imidazole rings is 1. The third kappa shape index (κ3) is 3.95. The van der Waals surface area contributed by atoms with E-state index in [0.717, 1.165) is 6.07 Å². The Morgan fingerprint density at radius 1 is 1.12 bits per heavy atom. The highest BCUT2D eigenvalue weighted by Crippen LogP contribution is 2.44. The maximum atomic E-state index is 13.8. The number of carbonyl (C=O) groups excluding carboxylic acids is 1. The van der Waals surface area contributed by atoms with E-state index < -0.39 is 34.3 Å². The maximum Gasteiger partial charge on any atom is 0.421 e. The van der Waals surface area contributed by atoms with Gasteiger partial charge in [0.1, 0.15) is 34.1 Å². The van der Waals surface area contributed by atoms with E-state index in [1.165, 1.54) is 19.1 Å². The van der Waals surface area contributed by atoms with Crippen LogP contribution in [0.2, 0.25) is 0 Å². The summed E-state index contributed by atoms with van der Waals surface area (Å²) in [5, 5.41) is 2.59. The topological polar surface area (TPSA) is 144 Å². The molecule has 0 fully saturated rings. The van der Waals surface area contributed by atoms with Crippen LogP contribution in [-0.4, -0.2) is 35.2 Å². The third-order valence-corrected chi connectivity index (χ3v) is 6.81. The molecule has 40 heavy (non-hydrogen) atoms. The van der Waals surface area contributed by atoms with Crippen molar-refractivity contribution in [2.75, 3.05) is 11.1 Å². The molecule has 14 heteroatoms. The van der Waals surface area contributed by atoms with Crippen molar-refractivity contribution in [1.82, 2.24) is 29.3 Å². The Balaban J connectivity index is 1.44. The molecule has 202 valence electrons. The molecular weight excluding hydrogens is 532 g/mol. The number of nitrogens with zero attached hydrogens (tertiary/aromatic N) is 5. The fraction of sp³-hybridized carbons (Fsp3) is 0.154. The quantitative estimate of drug-likeness (QED) is 0.291. The van der Waals surface area contributed by atoms with Gasteiger partial charge >= 0.3 is 6.18 Å². The van der Waals surface area contributed by atoms with Gasteiger partial charge in [0, 0.05) is 43.0 Å². The van der Waals surface area contributed by atoms with E-state index in [-0.39, 0.29) is 40.8 Å². The minimum absolute atomic E-state index is 0.0231. The Morgan fingerprint density at radius 3 is 2.65 bits per heavy atom. The van der Waals surface area contributed by atoms with Gasteiger partial charge in [-0.15, -0.1) is 0 Å². The molecule has 0 radical (unpaired) electrons. The number of benzene rings is 1. The Kier molecular flexibility index (Phi) is 5.47. The first-order valence-electron chi connectivity index (χ1n) is 11.8. The molecule has 0 saturated heterocycles. The minimum Gasteiger partial charge on any atom is -0.383 e. The van der Waals surface area contributed by atoms with Crippen molar-refractivity contribution in [3.8, 4) is 11.5 Å². The van der Waals surface area contributed by atoms with Gasteiger partial charge in [0.15, 0.2) is 16.9 Å². The number of aromatic nitrogens is 6. The monoisotopic (exact) mass is 550 g/mol. The molecular formula is C26H18F4N8O2. The number of nitrogens with two attached hydrogens (primary N) is 1. The number of nitrogen functional groups attached to an aromatic ring is 1. The Labute approximate surface area is 222 Å². The van der Waals surface area contributed by atoms with Crippen molar-refractivity contribution in [2.24, 2.45) is 0 Å². The number of hydrogen-bond donors (Lipinski definition) is 3. The number of nitrogens with one attached hydrogen (secondary N) is 2. The summed E-state index contributed by atoms with van der Waals surface area (Å²) in [6.07, 6.45) is 0.779. The number of rotatable bonds is 4. The zero-order valence-corrected chi connectivity index (χ0v) is 20.5. The minimum atomic E-state index is -4.86. The van der Waals surface area contributed by atoms with E-state index in [4.69, 9.17) is 5.73 Å². The van der Waals surface area contributed by atoms with Crippen LogP contribution in [0.1, 0.15) is 35.0 Å². The number of pyridine rings is 1. The average Bonchev–Trinajstić information content (AvgIpc) is 3.46. The maximum absolute atomic E-state index is 13.8. The number of H-pyrrole nitrogens is 1. The molecule has 5 aromatic rings. The Bertz CT molecular complexity index is 1900. The lowest BCUT2D eigenvalue weighted by molar-refractivity contribution is -0.138. The van der Waals surface area contributed by atoms with Gasteiger partial charge in [-0.1, -0.05) is 12.1 Å². The predicted octanol–water partition coefficient (Wildman–Crippen LogP) is 3.46. The number of alkyl halides is 3. The summed E-state index contributed by atoms with van der Waals surface area (Å²) in [4.78, 5) is 45.5. The summed E-state index contributed by atoms with van der Waals surface area (Å²) in [5.41, 5.74) is 3.89. The van der Waals surface area contributed by atoms with Gasteiger partial charge in [0.05, 0.1) is 11.3 Å². The summed E-state index contributed by atoms with van der Waals surface area (Å²) >= 11 is 0. The lowest BCUT2D eigenvalue weighted by Crippen LogP contribution is -2.35. The zero-order valence-electron chi connectivity index (χ0n) is 20.5. The van der Waals surface area contributed by atoms with Crippen molar-refractivity contribution in [3.63, 3.8) is 0 Å². The molecule has 0 bridgehead atoms. The Hall–Kier alpha value is -5.14. The highest BCUT2D eigenvalue weighted by atomic mass is 19.4. The fourth-order valence-corrected chi connectivity index (χ4v) is 4.82. The van der Waals surface area contributed by atoms with Gasteiger partial charge in [0.2, 0.25) is 5.91 Å². The van der Waals surface area contributed by atoms with Crippen molar-refractivity contribution in [3.05, 3.63) is 99.2 Å². The van der Waals surface area contributed by atoms with E-state index in [1.807, 2.05) is 0 Å². The first kappa shape index (κ1) is 25.2. The zero-order chi connectivity index (χ0) is 28.4. The molecule has 1 aliphatic heterocycles. The second-order valence-electron chi connectivity index (χ2n) is 9.40. The number of fused-ring (bicyclic) bond motifs is 2. The van der Waals surface area contributed by atoms with Gasteiger partial charge in [-0.05, 0) is 24.6 Å². The number of carbonyl (C=O) groups is 1. The SMILES string of the molecule is C[C@@]1(c2cc(=O)c(C(F)(F)F)c[nH]2)C(=O)Nc2nc(-c3cn4ccnc4c(Cc4cccc(F)c4)n3)nc(N)c21. The first-order valence-corrected chi connectivity index (χ1v) is 11.8. The Morgan fingerprint density at radius 2 is 1.93 bits per heavy atom. The molecule has 0 spiro atoms. The van der Waals surface area contributed by atoms with E-state index in [0.29, 0.717) is 23.1 Å². The van der Waals surface area contributed by atoms with Crippen LogP contribution < -0.4 is 16.5 Å². The van der Waals surface area contributed by atoms with Crippen molar-refractivity contribution < 1.29 is 22.4 Å². The van der Waals surface area contributed by atoms with Crippen LogP contribution >= 0.6 is 0 Å². The number of hydrogen-bond acceptors (Lipinski definition) is 7. The standard InChI is InChI=1S/C26H18F4N8O2/c1-25(18-9-17(39)14(10-33-18)26(28,29)30)19-20(31)35-21(36-22(19)37-24(25)40)16-11-38-6-5-32-23(38)15(34-16)8-12-3-2-4-13(27)7-12/h2-7,9-11H,8H2,1H3,(H,33,39)(H3,31,35,36,37,40)/t25-/m0/s1. The van der Waals surface area contributed by atoms with Gasteiger partial charge in [-0.2, -0.15) is 13.2 Å². The molecule has 1 aromatic carbocycles. The molecule has 1 aliphatic rings. The van der Waals surface area contributed by atoms with Gasteiger partial charge < -0.3 is 20.4 Å². The number of amides is 1. The van der Waals surface area contributed by atoms with Crippen LogP contribution in [0, 0.1) is 5.82 Å². The summed E-state index contributed by atoms with van der Waals surface area (Å²) in [7, 11) is 0. The molecule has 0 unspecified atom stereocenters. The number of anilines is 2. The highest BCUT2D eigenvalue weighted by molar-refractivity contribution is 6.08. The van der Waals surface area contributed by atoms with Gasteiger partial charge in [-0.25, -0.2) is 24.3 Å². The number of halogens is 4. The number of aromatic amines is 1. The van der Waals surface area contributed by atoms with Crippen LogP contribution in [0.4, 0.5) is 29.2 Å². The summed E-state index contributed by atoms with van der Waals surface area (Å²) in [5.74, 6) is -1.12. The van der Waals surface area contributed by atoms with Crippen LogP contribution in [-0.2, 0) is 22.8 Å². The smallest absolute Gasteiger partial charge is 0.383 e. The molecule has 0 saturated carbocycles. The second kappa shape index (κ2) is 8.69. The third-order valence-electron chi connectivity index (χ3n) is 6.81. The van der Waals surface area contributed by atoms with Gasteiger partial charge in [-0.3, -0.25) is 9.59 Å².